The van der Waals surface area contributed by atoms with Crippen LogP contribution in [0.15, 0.2) is 28.4 Å². The molecule has 0 saturated carbocycles. The number of nitrogens with one attached hydrogen (secondary N) is 1. The molecule has 1 aromatic rings. The van der Waals surface area contributed by atoms with Gasteiger partial charge >= 0.3 is 0 Å². The summed E-state index contributed by atoms with van der Waals surface area (Å²) in [6, 6.07) is 4.87. The van der Waals surface area contributed by atoms with Gasteiger partial charge in [-0.05, 0) is 18.2 Å². The number of amides is 1. The van der Waals surface area contributed by atoms with Gasteiger partial charge in [0.2, 0.25) is 0 Å². The summed E-state index contributed by atoms with van der Waals surface area (Å²) in [6.45, 7) is 0. The summed E-state index contributed by atoms with van der Waals surface area (Å²) >= 11 is 11.6. The Morgan fingerprint density at radius 2 is 2.12 bits per heavy atom. The number of nitrogens with zero attached hydrogens (tertiary/aromatic N) is 2. The second-order valence-corrected chi connectivity index (χ2v) is 3.95. The molecule has 1 aliphatic heterocycles. The zero-order chi connectivity index (χ0) is 11.5. The molecule has 1 N–H and O–H groups in total. The molecule has 0 fully saturated rings. The monoisotopic (exact) mass is 255 g/mol. The molecular weight excluding hydrogens is 249 g/mol. The number of anilines is 1. The highest BCUT2D eigenvalue weighted by Crippen LogP contribution is 2.25. The molecule has 82 valence electrons. The highest BCUT2D eigenvalue weighted by molar-refractivity contribution is 6.46. The molecule has 0 saturated heterocycles. The molecule has 1 heterocycles. The minimum atomic E-state index is -0.282. The van der Waals surface area contributed by atoms with E-state index in [1.807, 2.05) is 0 Å². The number of hydrogen-bond acceptors (Lipinski definition) is 3. The first-order chi connectivity index (χ1) is 7.66. The molecule has 4 nitrogen and oxygen atoms in total. The average Bonchev–Trinajstić information content (AvgIpc) is 2.77. The smallest absolute Gasteiger partial charge is 0.272 e. The fourth-order valence-corrected chi connectivity index (χ4v) is 1.49. The molecule has 0 radical (unpaired) electrons. The van der Waals surface area contributed by atoms with Crippen LogP contribution in [0.4, 0.5) is 5.69 Å². The largest absolute Gasteiger partial charge is 0.321 e. The SMILES string of the molecule is O=C(Nc1ccc(Cl)c(Cl)c1)C1=NN=CC1. The third kappa shape index (κ3) is 2.40. The fourth-order valence-electron chi connectivity index (χ4n) is 1.19. The molecule has 1 aliphatic rings. The zero-order valence-corrected chi connectivity index (χ0v) is 9.59. The lowest BCUT2D eigenvalue weighted by atomic mass is 10.2. The van der Waals surface area contributed by atoms with E-state index in [9.17, 15) is 4.79 Å². The van der Waals surface area contributed by atoms with Crippen LogP contribution in [0.1, 0.15) is 6.42 Å². The molecule has 16 heavy (non-hydrogen) atoms. The Hall–Kier alpha value is -1.39. The fraction of sp³-hybridized carbons (Fsp3) is 0.100. The van der Waals surface area contributed by atoms with E-state index >= 15 is 0 Å². The van der Waals surface area contributed by atoms with Crippen molar-refractivity contribution in [2.24, 2.45) is 10.2 Å². The second-order valence-electron chi connectivity index (χ2n) is 3.13. The van der Waals surface area contributed by atoms with Crippen LogP contribution in [0.2, 0.25) is 10.0 Å². The average molecular weight is 256 g/mol. The van der Waals surface area contributed by atoms with Crippen LogP contribution in [0, 0.1) is 0 Å². The van der Waals surface area contributed by atoms with Gasteiger partial charge in [-0.25, -0.2) is 0 Å². The summed E-state index contributed by atoms with van der Waals surface area (Å²) in [6.07, 6.45) is 2.02. The van der Waals surface area contributed by atoms with E-state index in [-0.39, 0.29) is 5.91 Å². The quantitative estimate of drug-likeness (QED) is 0.868. The van der Waals surface area contributed by atoms with Crippen molar-refractivity contribution in [1.82, 2.24) is 0 Å². The van der Waals surface area contributed by atoms with Gasteiger partial charge in [-0.1, -0.05) is 23.2 Å². The maximum Gasteiger partial charge on any atom is 0.272 e. The molecule has 0 bridgehead atoms. The highest BCUT2D eigenvalue weighted by atomic mass is 35.5. The van der Waals surface area contributed by atoms with Crippen LogP contribution in [0.3, 0.4) is 0 Å². The van der Waals surface area contributed by atoms with Gasteiger partial charge in [-0.3, -0.25) is 4.79 Å². The Morgan fingerprint density at radius 3 is 2.75 bits per heavy atom. The number of carbonyl (C=O) groups is 1. The molecular formula is C10H7Cl2N3O. The first-order valence-corrected chi connectivity index (χ1v) is 5.27. The van der Waals surface area contributed by atoms with E-state index in [1.54, 1.807) is 24.4 Å². The van der Waals surface area contributed by atoms with Crippen molar-refractivity contribution in [3.05, 3.63) is 28.2 Å². The Morgan fingerprint density at radius 1 is 1.31 bits per heavy atom. The number of rotatable bonds is 2. The number of carbonyl (C=O) groups excluding carboxylic acids is 1. The maximum atomic E-state index is 11.6. The Labute approximate surface area is 102 Å². The van der Waals surface area contributed by atoms with Crippen LogP contribution in [0.25, 0.3) is 0 Å². The predicted octanol–water partition coefficient (Wildman–Crippen LogP) is 2.76. The lowest BCUT2D eigenvalue weighted by molar-refractivity contribution is -0.110. The number of benzene rings is 1. The highest BCUT2D eigenvalue weighted by Gasteiger charge is 2.13. The summed E-state index contributed by atoms with van der Waals surface area (Å²) in [5, 5.41) is 10.8. The summed E-state index contributed by atoms with van der Waals surface area (Å²) < 4.78 is 0. The summed E-state index contributed by atoms with van der Waals surface area (Å²) in [5.74, 6) is -0.282. The molecule has 1 aromatic carbocycles. The van der Waals surface area contributed by atoms with Crippen LogP contribution < -0.4 is 5.32 Å². The molecule has 1 amide bonds. The topological polar surface area (TPSA) is 53.8 Å². The minimum absolute atomic E-state index is 0.282. The summed E-state index contributed by atoms with van der Waals surface area (Å²) in [4.78, 5) is 11.6. The molecule has 0 aliphatic carbocycles. The van der Waals surface area contributed by atoms with Crippen molar-refractivity contribution < 1.29 is 4.79 Å². The van der Waals surface area contributed by atoms with Gasteiger partial charge in [0.1, 0.15) is 5.71 Å². The van der Waals surface area contributed by atoms with Gasteiger partial charge < -0.3 is 5.32 Å². The molecule has 0 spiro atoms. The number of halogens is 2. The number of hydrogen-bond donors (Lipinski definition) is 1. The second kappa shape index (κ2) is 4.63. The van der Waals surface area contributed by atoms with Gasteiger partial charge in [0.15, 0.2) is 0 Å². The van der Waals surface area contributed by atoms with Gasteiger partial charge in [-0.15, -0.1) is 5.10 Å². The van der Waals surface area contributed by atoms with E-state index in [4.69, 9.17) is 23.2 Å². The third-order valence-electron chi connectivity index (χ3n) is 1.98. The molecule has 6 heteroatoms. The van der Waals surface area contributed by atoms with Gasteiger partial charge in [0.05, 0.1) is 10.0 Å². The Kier molecular flexibility index (Phi) is 3.22. The van der Waals surface area contributed by atoms with Gasteiger partial charge in [0, 0.05) is 18.3 Å². The third-order valence-corrected chi connectivity index (χ3v) is 2.72. The van der Waals surface area contributed by atoms with Crippen molar-refractivity contribution in [1.29, 1.82) is 0 Å². The van der Waals surface area contributed by atoms with Gasteiger partial charge in [0.25, 0.3) is 5.91 Å². The van der Waals surface area contributed by atoms with Crippen LogP contribution in [0.5, 0.6) is 0 Å². The van der Waals surface area contributed by atoms with Crippen molar-refractivity contribution >= 4 is 46.7 Å². The molecule has 0 unspecified atom stereocenters. The lowest BCUT2D eigenvalue weighted by Gasteiger charge is -2.05. The first kappa shape index (κ1) is 11.1. The normalized spacial score (nSPS) is 13.8. The molecule has 0 aromatic heterocycles. The molecule has 0 atom stereocenters. The first-order valence-electron chi connectivity index (χ1n) is 4.51. The summed E-state index contributed by atoms with van der Waals surface area (Å²) in [7, 11) is 0. The van der Waals surface area contributed by atoms with E-state index in [0.717, 1.165) is 0 Å². The predicted molar refractivity (Wildman–Crippen MR) is 65.6 cm³/mol. The van der Waals surface area contributed by atoms with Crippen molar-refractivity contribution in [3.8, 4) is 0 Å². The van der Waals surface area contributed by atoms with Crippen molar-refractivity contribution in [2.45, 2.75) is 6.42 Å². The summed E-state index contributed by atoms with van der Waals surface area (Å²) in [5.41, 5.74) is 0.958. The zero-order valence-electron chi connectivity index (χ0n) is 8.08. The van der Waals surface area contributed by atoms with E-state index < -0.39 is 0 Å². The lowest BCUT2D eigenvalue weighted by Crippen LogP contribution is -2.21. The van der Waals surface area contributed by atoms with E-state index in [1.165, 1.54) is 0 Å². The van der Waals surface area contributed by atoms with Crippen LogP contribution in [-0.4, -0.2) is 17.8 Å². The standard InChI is InChI=1S/C10H7Cl2N3O/c11-7-2-1-6(5-8(7)12)14-10(16)9-3-4-13-15-9/h1-2,4-5H,3H2,(H,14,16). The van der Waals surface area contributed by atoms with E-state index in [0.29, 0.717) is 27.9 Å². The Balaban J connectivity index is 2.09. The van der Waals surface area contributed by atoms with Crippen molar-refractivity contribution in [2.75, 3.05) is 5.32 Å². The van der Waals surface area contributed by atoms with Crippen LogP contribution >= 0.6 is 23.2 Å². The van der Waals surface area contributed by atoms with E-state index in [2.05, 4.69) is 15.5 Å². The van der Waals surface area contributed by atoms with Gasteiger partial charge in [-0.2, -0.15) is 5.10 Å². The molecule has 2 rings (SSSR count). The maximum absolute atomic E-state index is 11.6. The van der Waals surface area contributed by atoms with Crippen molar-refractivity contribution in [3.63, 3.8) is 0 Å². The Bertz CT molecular complexity index is 497. The van der Waals surface area contributed by atoms with Crippen LogP contribution in [-0.2, 0) is 4.79 Å². The minimum Gasteiger partial charge on any atom is -0.321 e.